The molecule has 0 unspecified atom stereocenters. The Morgan fingerprint density at radius 2 is 1.79 bits per heavy atom. The topological polar surface area (TPSA) is 44.8 Å². The van der Waals surface area contributed by atoms with Crippen molar-refractivity contribution in [2.75, 3.05) is 7.11 Å². The Kier molecular flexibility index (Phi) is 4.31. The number of methoxy groups -OCH3 is 1. The molecule has 0 aromatic carbocycles. The molecule has 0 amide bonds. The summed E-state index contributed by atoms with van der Waals surface area (Å²) >= 11 is 0. The van der Waals surface area contributed by atoms with Crippen molar-refractivity contribution in [3.8, 4) is 0 Å². The van der Waals surface area contributed by atoms with Crippen molar-refractivity contribution < 1.29 is 9.57 Å². The molecule has 84 valence electrons. The summed E-state index contributed by atoms with van der Waals surface area (Å²) in [5, 5.41) is 12.3. The Balaban J connectivity index is 2.36. The Hall–Kier alpha value is -0.160. The molecule has 0 aromatic heterocycles. The predicted octanol–water partition coefficient (Wildman–Crippen LogP) is 2.43. The molecule has 0 spiro atoms. The van der Waals surface area contributed by atoms with Crippen LogP contribution in [0.15, 0.2) is 0 Å². The average Bonchev–Trinajstić information content (AvgIpc) is 2.19. The normalized spacial score (nSPS) is 20.4. The summed E-state index contributed by atoms with van der Waals surface area (Å²) < 4.78 is 5.04. The Bertz CT molecular complexity index is 167. The molecule has 4 heteroatoms. The van der Waals surface area contributed by atoms with Gasteiger partial charge in [0.2, 0.25) is 0 Å². The highest BCUT2D eigenvalue weighted by Crippen LogP contribution is 2.24. The zero-order valence-electron chi connectivity index (χ0n) is 9.28. The lowest BCUT2D eigenvalue weighted by Crippen LogP contribution is -2.40. The third kappa shape index (κ3) is 3.53. The van der Waals surface area contributed by atoms with E-state index in [4.69, 9.17) is 9.57 Å². The Morgan fingerprint density at radius 1 is 1.21 bits per heavy atom. The summed E-state index contributed by atoms with van der Waals surface area (Å²) in [5.41, 5.74) is 0. The third-order valence-corrected chi connectivity index (χ3v) is 2.67. The molecule has 0 aromatic rings. The van der Waals surface area contributed by atoms with Crippen LogP contribution in [0, 0.1) is 5.21 Å². The van der Waals surface area contributed by atoms with Gasteiger partial charge in [-0.25, -0.2) is 0 Å². The SMILES string of the molecule is COC(C)(C)ON([O-])C1CCCCC1. The summed E-state index contributed by atoms with van der Waals surface area (Å²) in [6, 6.07) is 0.0122. The van der Waals surface area contributed by atoms with Crippen LogP contribution in [0.4, 0.5) is 0 Å². The van der Waals surface area contributed by atoms with Gasteiger partial charge in [0.1, 0.15) is 0 Å². The lowest BCUT2D eigenvalue weighted by atomic mass is 9.96. The van der Waals surface area contributed by atoms with Crippen molar-refractivity contribution >= 4 is 0 Å². The second-order valence-electron chi connectivity index (χ2n) is 4.27. The van der Waals surface area contributed by atoms with Gasteiger partial charge in [0.15, 0.2) is 5.79 Å². The standard InChI is InChI=1S/C10H20NO3/c1-10(2,13-3)14-11(12)9-7-5-4-6-8-9/h9H,4-8H2,1-3H3/q-1. The highest BCUT2D eigenvalue weighted by atomic mass is 16.9. The van der Waals surface area contributed by atoms with E-state index in [1.54, 1.807) is 13.8 Å². The molecule has 1 aliphatic rings. The summed E-state index contributed by atoms with van der Waals surface area (Å²) in [7, 11) is 1.54. The summed E-state index contributed by atoms with van der Waals surface area (Å²) in [5.74, 6) is -0.820. The second kappa shape index (κ2) is 5.07. The fourth-order valence-corrected chi connectivity index (χ4v) is 1.62. The molecule has 0 aliphatic heterocycles. The zero-order chi connectivity index (χ0) is 10.6. The van der Waals surface area contributed by atoms with Crippen LogP contribution in [-0.4, -0.2) is 24.2 Å². The molecule has 1 saturated carbocycles. The zero-order valence-corrected chi connectivity index (χ0v) is 9.28. The van der Waals surface area contributed by atoms with Gasteiger partial charge in [0.25, 0.3) is 0 Å². The van der Waals surface area contributed by atoms with Gasteiger partial charge in [-0.15, -0.1) is 0 Å². The lowest BCUT2D eigenvalue weighted by Gasteiger charge is -2.42. The number of hydrogen-bond donors (Lipinski definition) is 0. The highest BCUT2D eigenvalue weighted by Gasteiger charge is 2.23. The molecular weight excluding hydrogens is 182 g/mol. The number of hydrogen-bond acceptors (Lipinski definition) is 4. The Morgan fingerprint density at radius 3 is 2.29 bits per heavy atom. The van der Waals surface area contributed by atoms with E-state index in [0.29, 0.717) is 0 Å². The number of nitrogens with zero attached hydrogens (tertiary/aromatic N) is 1. The van der Waals surface area contributed by atoms with Crippen molar-refractivity contribution in [1.29, 1.82) is 0 Å². The molecule has 14 heavy (non-hydrogen) atoms. The maximum absolute atomic E-state index is 11.6. The van der Waals surface area contributed by atoms with E-state index < -0.39 is 5.79 Å². The molecule has 0 heterocycles. The van der Waals surface area contributed by atoms with Gasteiger partial charge < -0.3 is 9.94 Å². The van der Waals surface area contributed by atoms with Gasteiger partial charge in [-0.3, -0.25) is 10.1 Å². The van der Waals surface area contributed by atoms with E-state index in [2.05, 4.69) is 0 Å². The monoisotopic (exact) mass is 202 g/mol. The van der Waals surface area contributed by atoms with Crippen molar-refractivity contribution in [3.63, 3.8) is 0 Å². The number of hydroxylamine groups is 2. The van der Waals surface area contributed by atoms with Crippen molar-refractivity contribution in [2.24, 2.45) is 0 Å². The highest BCUT2D eigenvalue weighted by molar-refractivity contribution is 4.72. The van der Waals surface area contributed by atoms with E-state index in [-0.39, 0.29) is 6.04 Å². The van der Waals surface area contributed by atoms with Gasteiger partial charge >= 0.3 is 0 Å². The molecule has 1 aliphatic carbocycles. The van der Waals surface area contributed by atoms with E-state index in [1.807, 2.05) is 0 Å². The van der Waals surface area contributed by atoms with Crippen molar-refractivity contribution in [1.82, 2.24) is 5.23 Å². The van der Waals surface area contributed by atoms with Crippen LogP contribution in [-0.2, 0) is 9.57 Å². The summed E-state index contributed by atoms with van der Waals surface area (Å²) in [6.07, 6.45) is 5.35. The molecule has 0 N–H and O–H groups in total. The Labute approximate surface area is 85.7 Å². The van der Waals surface area contributed by atoms with E-state index in [1.165, 1.54) is 13.5 Å². The predicted molar refractivity (Wildman–Crippen MR) is 54.3 cm³/mol. The second-order valence-corrected chi connectivity index (χ2v) is 4.27. The van der Waals surface area contributed by atoms with Crippen molar-refractivity contribution in [2.45, 2.75) is 57.8 Å². The fourth-order valence-electron chi connectivity index (χ4n) is 1.62. The van der Waals surface area contributed by atoms with Gasteiger partial charge in [0.05, 0.1) is 0 Å². The smallest absolute Gasteiger partial charge is 0.180 e. The van der Waals surface area contributed by atoms with Crippen LogP contribution in [0.3, 0.4) is 0 Å². The molecule has 0 saturated heterocycles. The first kappa shape index (κ1) is 11.9. The molecule has 1 fully saturated rings. The maximum Gasteiger partial charge on any atom is 0.180 e. The minimum Gasteiger partial charge on any atom is -0.762 e. The third-order valence-electron chi connectivity index (χ3n) is 2.67. The maximum atomic E-state index is 11.6. The molecule has 1 rings (SSSR count). The van der Waals surface area contributed by atoms with Crippen molar-refractivity contribution in [3.05, 3.63) is 5.21 Å². The van der Waals surface area contributed by atoms with Gasteiger partial charge in [-0.1, -0.05) is 19.3 Å². The van der Waals surface area contributed by atoms with Crippen LogP contribution >= 0.6 is 0 Å². The molecule has 0 bridgehead atoms. The number of rotatable bonds is 4. The fraction of sp³-hybridized carbons (Fsp3) is 1.00. The van der Waals surface area contributed by atoms with Gasteiger partial charge in [0, 0.05) is 13.2 Å². The van der Waals surface area contributed by atoms with Gasteiger partial charge in [-0.05, 0) is 26.7 Å². The van der Waals surface area contributed by atoms with Crippen LogP contribution in [0.1, 0.15) is 46.0 Å². The van der Waals surface area contributed by atoms with E-state index >= 15 is 0 Å². The quantitative estimate of drug-likeness (QED) is 0.519. The van der Waals surface area contributed by atoms with Crippen LogP contribution in [0.2, 0.25) is 0 Å². The molecule has 4 nitrogen and oxygen atoms in total. The van der Waals surface area contributed by atoms with Crippen LogP contribution in [0.5, 0.6) is 0 Å². The first-order valence-electron chi connectivity index (χ1n) is 5.26. The summed E-state index contributed by atoms with van der Waals surface area (Å²) in [4.78, 5) is 5.18. The van der Waals surface area contributed by atoms with Crippen LogP contribution < -0.4 is 0 Å². The first-order chi connectivity index (χ1) is 6.55. The minimum atomic E-state index is -0.820. The van der Waals surface area contributed by atoms with Crippen LogP contribution in [0.25, 0.3) is 0 Å². The van der Waals surface area contributed by atoms with E-state index in [0.717, 1.165) is 30.9 Å². The molecular formula is C10H20NO3-. The average molecular weight is 202 g/mol. The molecule has 0 radical (unpaired) electrons. The summed E-state index contributed by atoms with van der Waals surface area (Å²) in [6.45, 7) is 3.47. The number of ether oxygens (including phenoxy) is 1. The largest absolute Gasteiger partial charge is 0.762 e. The lowest BCUT2D eigenvalue weighted by molar-refractivity contribution is -0.318. The van der Waals surface area contributed by atoms with Gasteiger partial charge in [-0.2, -0.15) is 0 Å². The minimum absolute atomic E-state index is 0.0122. The van der Waals surface area contributed by atoms with E-state index in [9.17, 15) is 5.21 Å². The first-order valence-corrected chi connectivity index (χ1v) is 5.26. The molecule has 0 atom stereocenters.